The van der Waals surface area contributed by atoms with E-state index >= 15 is 0 Å². The van der Waals surface area contributed by atoms with Gasteiger partial charge in [0.1, 0.15) is 17.1 Å². The number of hydrogen-bond donors (Lipinski definition) is 1. The third kappa shape index (κ3) is 3.92. The van der Waals surface area contributed by atoms with Crippen LogP contribution in [0.5, 0.6) is 0 Å². The molecule has 5 nitrogen and oxygen atoms in total. The number of carbonyl (C=O) groups is 1. The second kappa shape index (κ2) is 7.77. The van der Waals surface area contributed by atoms with Crippen molar-refractivity contribution >= 4 is 44.7 Å². The molecule has 0 atom stereocenters. The molecule has 2 aromatic carbocycles. The molecular weight excluding hydrogens is 413 g/mol. The first-order valence-electron chi connectivity index (χ1n) is 8.71. The fourth-order valence-electron chi connectivity index (χ4n) is 2.91. The number of amides is 1. The van der Waals surface area contributed by atoms with Crippen LogP contribution in [0.1, 0.15) is 5.56 Å². The summed E-state index contributed by atoms with van der Waals surface area (Å²) in [6, 6.07) is 11.2. The zero-order chi connectivity index (χ0) is 20.5. The minimum Gasteiger partial charge on any atom is -0.324 e. The van der Waals surface area contributed by atoms with E-state index in [2.05, 4.69) is 10.3 Å². The van der Waals surface area contributed by atoms with Crippen LogP contribution in [-0.4, -0.2) is 15.5 Å². The number of carbonyl (C=O) groups excluding carboxylic acids is 1. The summed E-state index contributed by atoms with van der Waals surface area (Å²) >= 11 is 7.32. The van der Waals surface area contributed by atoms with E-state index < -0.39 is 0 Å². The summed E-state index contributed by atoms with van der Waals surface area (Å²) in [4.78, 5) is 29.5. The summed E-state index contributed by atoms with van der Waals surface area (Å²) < 4.78 is 14.9. The number of aryl methyl sites for hydroxylation is 1. The van der Waals surface area contributed by atoms with Crippen molar-refractivity contribution in [3.8, 4) is 11.1 Å². The number of hydrogen-bond acceptors (Lipinski definition) is 4. The Morgan fingerprint density at radius 3 is 2.72 bits per heavy atom. The van der Waals surface area contributed by atoms with Crippen molar-refractivity contribution in [2.24, 2.45) is 0 Å². The van der Waals surface area contributed by atoms with E-state index in [0.29, 0.717) is 20.9 Å². The monoisotopic (exact) mass is 427 g/mol. The van der Waals surface area contributed by atoms with Crippen LogP contribution < -0.4 is 10.9 Å². The topological polar surface area (TPSA) is 64.0 Å². The van der Waals surface area contributed by atoms with Gasteiger partial charge < -0.3 is 5.32 Å². The quantitative estimate of drug-likeness (QED) is 0.505. The number of nitrogens with zero attached hydrogens (tertiary/aromatic N) is 2. The standard InChI is InChI=1S/C21H15ClFN3O2S/c1-12-2-7-15(8-17(12)22)25-18(27)9-26-11-24-19-16(10-29-20(19)21(26)28)13-3-5-14(23)6-4-13/h2-8,10-11H,9H2,1H3,(H,25,27). The molecule has 0 saturated heterocycles. The van der Waals surface area contributed by atoms with Gasteiger partial charge in [-0.15, -0.1) is 11.3 Å². The Morgan fingerprint density at radius 1 is 1.24 bits per heavy atom. The fraction of sp³-hybridized carbons (Fsp3) is 0.0952. The van der Waals surface area contributed by atoms with Crippen LogP contribution in [0.2, 0.25) is 5.02 Å². The number of rotatable bonds is 4. The Balaban J connectivity index is 1.59. The first-order chi connectivity index (χ1) is 13.9. The Morgan fingerprint density at radius 2 is 2.00 bits per heavy atom. The molecule has 0 aliphatic heterocycles. The van der Waals surface area contributed by atoms with E-state index in [0.717, 1.165) is 16.7 Å². The molecule has 2 heterocycles. The van der Waals surface area contributed by atoms with Gasteiger partial charge in [0.05, 0.1) is 11.8 Å². The highest BCUT2D eigenvalue weighted by atomic mass is 35.5. The normalized spacial score (nSPS) is 11.0. The van der Waals surface area contributed by atoms with E-state index in [1.54, 1.807) is 30.3 Å². The van der Waals surface area contributed by atoms with Crippen LogP contribution in [0.3, 0.4) is 0 Å². The molecule has 4 rings (SSSR count). The molecule has 1 amide bonds. The van der Waals surface area contributed by atoms with Crippen molar-refractivity contribution in [1.29, 1.82) is 0 Å². The zero-order valence-corrected chi connectivity index (χ0v) is 16.9. The highest BCUT2D eigenvalue weighted by Gasteiger charge is 2.14. The van der Waals surface area contributed by atoms with E-state index in [9.17, 15) is 14.0 Å². The van der Waals surface area contributed by atoms with Crippen LogP contribution in [0.25, 0.3) is 21.3 Å². The first-order valence-corrected chi connectivity index (χ1v) is 9.97. The van der Waals surface area contributed by atoms with Crippen molar-refractivity contribution in [2.75, 3.05) is 5.32 Å². The van der Waals surface area contributed by atoms with Crippen LogP contribution >= 0.6 is 22.9 Å². The largest absolute Gasteiger partial charge is 0.324 e. The molecule has 0 saturated carbocycles. The number of fused-ring (bicyclic) bond motifs is 1. The number of benzene rings is 2. The summed E-state index contributed by atoms with van der Waals surface area (Å²) in [7, 11) is 0. The molecule has 0 aliphatic rings. The third-order valence-electron chi connectivity index (χ3n) is 4.47. The lowest BCUT2D eigenvalue weighted by molar-refractivity contribution is -0.116. The first kappa shape index (κ1) is 19.3. The third-order valence-corrected chi connectivity index (χ3v) is 5.84. The molecule has 8 heteroatoms. The average molecular weight is 428 g/mol. The van der Waals surface area contributed by atoms with Gasteiger partial charge in [-0.05, 0) is 42.3 Å². The van der Waals surface area contributed by atoms with Gasteiger partial charge in [0.15, 0.2) is 0 Å². The molecule has 0 radical (unpaired) electrons. The van der Waals surface area contributed by atoms with Crippen LogP contribution in [-0.2, 0) is 11.3 Å². The molecule has 0 bridgehead atoms. The van der Waals surface area contributed by atoms with Crippen LogP contribution in [0.15, 0.2) is 59.0 Å². The molecule has 0 unspecified atom stereocenters. The van der Waals surface area contributed by atoms with Gasteiger partial charge in [-0.25, -0.2) is 9.37 Å². The Hall–Kier alpha value is -3.03. The number of nitrogens with one attached hydrogen (secondary N) is 1. The summed E-state index contributed by atoms with van der Waals surface area (Å²) in [5.41, 5.74) is 3.23. The summed E-state index contributed by atoms with van der Waals surface area (Å²) in [6.45, 7) is 1.70. The molecule has 1 N–H and O–H groups in total. The molecule has 2 aromatic heterocycles. The summed E-state index contributed by atoms with van der Waals surface area (Å²) in [5.74, 6) is -0.687. The van der Waals surface area contributed by atoms with Crippen molar-refractivity contribution in [3.63, 3.8) is 0 Å². The van der Waals surface area contributed by atoms with Crippen molar-refractivity contribution in [2.45, 2.75) is 13.5 Å². The maximum absolute atomic E-state index is 13.2. The SMILES string of the molecule is Cc1ccc(NC(=O)Cn2cnc3c(-c4ccc(F)cc4)csc3c2=O)cc1Cl. The maximum Gasteiger partial charge on any atom is 0.271 e. The van der Waals surface area contributed by atoms with Gasteiger partial charge in [-0.2, -0.15) is 0 Å². The molecule has 4 aromatic rings. The predicted octanol–water partition coefficient (Wildman–Crippen LogP) is 4.86. The molecule has 0 aliphatic carbocycles. The van der Waals surface area contributed by atoms with E-state index in [1.807, 2.05) is 12.3 Å². The molecular formula is C21H15ClFN3O2S. The van der Waals surface area contributed by atoms with Gasteiger partial charge in [-0.3, -0.25) is 14.2 Å². The maximum atomic E-state index is 13.2. The van der Waals surface area contributed by atoms with Gasteiger partial charge in [0.2, 0.25) is 5.91 Å². The number of thiophene rings is 1. The minimum absolute atomic E-state index is 0.170. The minimum atomic E-state index is -0.358. The van der Waals surface area contributed by atoms with E-state index in [1.165, 1.54) is 34.4 Å². The smallest absolute Gasteiger partial charge is 0.271 e. The van der Waals surface area contributed by atoms with E-state index in [4.69, 9.17) is 11.6 Å². The van der Waals surface area contributed by atoms with Gasteiger partial charge >= 0.3 is 0 Å². The van der Waals surface area contributed by atoms with Gasteiger partial charge in [-0.1, -0.05) is 29.8 Å². The second-order valence-corrected chi connectivity index (χ2v) is 7.81. The molecule has 0 fully saturated rings. The number of halogens is 2. The van der Waals surface area contributed by atoms with Crippen LogP contribution in [0, 0.1) is 12.7 Å². The fourth-order valence-corrected chi connectivity index (χ4v) is 4.07. The van der Waals surface area contributed by atoms with Crippen molar-refractivity contribution in [3.05, 3.63) is 80.9 Å². The summed E-state index contributed by atoms with van der Waals surface area (Å²) in [5, 5.41) is 5.09. The second-order valence-electron chi connectivity index (χ2n) is 6.52. The Bertz CT molecular complexity index is 1280. The highest BCUT2D eigenvalue weighted by Crippen LogP contribution is 2.30. The lowest BCUT2D eigenvalue weighted by Crippen LogP contribution is -2.27. The van der Waals surface area contributed by atoms with Gasteiger partial charge in [0, 0.05) is 21.7 Å². The Labute approximate surface area is 174 Å². The van der Waals surface area contributed by atoms with Crippen LogP contribution in [0.4, 0.5) is 10.1 Å². The van der Waals surface area contributed by atoms with Crippen molar-refractivity contribution < 1.29 is 9.18 Å². The molecule has 146 valence electrons. The Kier molecular flexibility index (Phi) is 5.17. The summed E-state index contributed by atoms with van der Waals surface area (Å²) in [6.07, 6.45) is 1.35. The lowest BCUT2D eigenvalue weighted by atomic mass is 10.1. The van der Waals surface area contributed by atoms with Gasteiger partial charge in [0.25, 0.3) is 5.56 Å². The van der Waals surface area contributed by atoms with E-state index in [-0.39, 0.29) is 23.8 Å². The molecule has 0 spiro atoms. The predicted molar refractivity (Wildman–Crippen MR) is 114 cm³/mol. The highest BCUT2D eigenvalue weighted by molar-refractivity contribution is 7.17. The zero-order valence-electron chi connectivity index (χ0n) is 15.3. The lowest BCUT2D eigenvalue weighted by Gasteiger charge is -2.08. The average Bonchev–Trinajstić information content (AvgIpc) is 3.12. The molecule has 29 heavy (non-hydrogen) atoms. The number of anilines is 1. The van der Waals surface area contributed by atoms with Crippen molar-refractivity contribution in [1.82, 2.24) is 9.55 Å². The number of aromatic nitrogens is 2.